The normalized spacial score (nSPS) is 21.1. The highest BCUT2D eigenvalue weighted by atomic mass is 32.1. The van der Waals surface area contributed by atoms with Gasteiger partial charge >= 0.3 is 0 Å². The molecule has 0 aromatic carbocycles. The molecule has 2 rings (SSSR count). The van der Waals surface area contributed by atoms with Gasteiger partial charge in [-0.2, -0.15) is 5.10 Å². The molecular weight excluding hydrogens is 244 g/mol. The number of piperidine rings is 1. The van der Waals surface area contributed by atoms with Crippen LogP contribution in [0, 0.1) is 6.92 Å². The fraction of sp³-hybridized carbons (Fsp3) is 0.692. The van der Waals surface area contributed by atoms with Gasteiger partial charge in [0.2, 0.25) is 0 Å². The van der Waals surface area contributed by atoms with Crippen LogP contribution in [0.3, 0.4) is 0 Å². The van der Waals surface area contributed by atoms with Gasteiger partial charge in [0.05, 0.1) is 22.4 Å². The third-order valence-electron chi connectivity index (χ3n) is 3.59. The standard InChI is InChI=1S/C13H22N4S/c1-3-17-11(8-10(2)15-17)9-16-7-5-4-6-12(16)13(14)18/h8,12H,3-7,9H2,1-2H3,(H2,14,18). The van der Waals surface area contributed by atoms with E-state index in [0.29, 0.717) is 4.99 Å². The number of nitrogens with zero attached hydrogens (tertiary/aromatic N) is 3. The van der Waals surface area contributed by atoms with Crippen molar-refractivity contribution in [3.63, 3.8) is 0 Å². The van der Waals surface area contributed by atoms with Crippen LogP contribution in [0.5, 0.6) is 0 Å². The molecule has 0 saturated carbocycles. The minimum Gasteiger partial charge on any atom is -0.392 e. The highest BCUT2D eigenvalue weighted by Gasteiger charge is 2.25. The zero-order valence-corrected chi connectivity index (χ0v) is 12.0. The molecule has 18 heavy (non-hydrogen) atoms. The molecule has 5 heteroatoms. The zero-order chi connectivity index (χ0) is 13.1. The van der Waals surface area contributed by atoms with Gasteiger partial charge in [-0.3, -0.25) is 9.58 Å². The predicted molar refractivity (Wildman–Crippen MR) is 77.5 cm³/mol. The van der Waals surface area contributed by atoms with Gasteiger partial charge in [-0.1, -0.05) is 18.6 Å². The van der Waals surface area contributed by atoms with Crippen LogP contribution in [0.25, 0.3) is 0 Å². The maximum absolute atomic E-state index is 5.85. The second-order valence-electron chi connectivity index (χ2n) is 4.98. The van der Waals surface area contributed by atoms with Gasteiger partial charge in [0.15, 0.2) is 0 Å². The molecule has 100 valence electrons. The molecule has 1 aromatic rings. The van der Waals surface area contributed by atoms with E-state index in [9.17, 15) is 0 Å². The van der Waals surface area contributed by atoms with Crippen molar-refractivity contribution < 1.29 is 0 Å². The van der Waals surface area contributed by atoms with E-state index < -0.39 is 0 Å². The first kappa shape index (κ1) is 13.5. The van der Waals surface area contributed by atoms with Crippen molar-refractivity contribution in [3.05, 3.63) is 17.5 Å². The van der Waals surface area contributed by atoms with Crippen LogP contribution in [-0.4, -0.2) is 32.3 Å². The summed E-state index contributed by atoms with van der Waals surface area (Å²) in [7, 11) is 0. The minimum atomic E-state index is 0.259. The molecule has 2 N–H and O–H groups in total. The van der Waals surface area contributed by atoms with Crippen LogP contribution in [-0.2, 0) is 13.1 Å². The molecular formula is C13H22N4S. The van der Waals surface area contributed by atoms with Crippen LogP contribution in [0.1, 0.15) is 37.6 Å². The summed E-state index contributed by atoms with van der Waals surface area (Å²) < 4.78 is 2.07. The maximum Gasteiger partial charge on any atom is 0.0902 e. The second-order valence-corrected chi connectivity index (χ2v) is 5.45. The molecule has 0 spiro atoms. The van der Waals surface area contributed by atoms with E-state index in [-0.39, 0.29) is 6.04 Å². The molecule has 1 unspecified atom stereocenters. The molecule has 0 aliphatic carbocycles. The molecule has 1 fully saturated rings. The van der Waals surface area contributed by atoms with Crippen molar-refractivity contribution in [2.24, 2.45) is 5.73 Å². The number of aromatic nitrogens is 2. The average Bonchev–Trinajstić information content (AvgIpc) is 2.70. The van der Waals surface area contributed by atoms with Gasteiger partial charge in [-0.15, -0.1) is 0 Å². The van der Waals surface area contributed by atoms with Crippen LogP contribution in [0.15, 0.2) is 6.07 Å². The lowest BCUT2D eigenvalue weighted by Crippen LogP contribution is -2.46. The Labute approximate surface area is 114 Å². The zero-order valence-electron chi connectivity index (χ0n) is 11.2. The van der Waals surface area contributed by atoms with Gasteiger partial charge in [0.25, 0.3) is 0 Å². The van der Waals surface area contributed by atoms with Crippen molar-refractivity contribution in [1.29, 1.82) is 0 Å². The molecule has 0 amide bonds. The number of nitrogens with two attached hydrogens (primary N) is 1. The van der Waals surface area contributed by atoms with Gasteiger partial charge in [-0.05, 0) is 39.3 Å². The van der Waals surface area contributed by atoms with Crippen molar-refractivity contribution >= 4 is 17.2 Å². The summed E-state index contributed by atoms with van der Waals surface area (Å²) in [5, 5.41) is 4.49. The Bertz CT molecular complexity index is 427. The minimum absolute atomic E-state index is 0.259. The summed E-state index contributed by atoms with van der Waals surface area (Å²) in [6, 6.07) is 2.42. The molecule has 1 atom stereocenters. The Balaban J connectivity index is 2.13. The van der Waals surface area contributed by atoms with Crippen LogP contribution in [0.4, 0.5) is 0 Å². The number of aryl methyl sites for hydroxylation is 2. The smallest absolute Gasteiger partial charge is 0.0902 e. The first-order chi connectivity index (χ1) is 8.61. The van der Waals surface area contributed by atoms with E-state index >= 15 is 0 Å². The summed E-state index contributed by atoms with van der Waals surface area (Å²) in [5.74, 6) is 0. The molecule has 1 aromatic heterocycles. The monoisotopic (exact) mass is 266 g/mol. The van der Waals surface area contributed by atoms with Gasteiger partial charge < -0.3 is 5.73 Å². The molecule has 4 nitrogen and oxygen atoms in total. The fourth-order valence-corrected chi connectivity index (χ4v) is 2.98. The highest BCUT2D eigenvalue weighted by molar-refractivity contribution is 7.80. The van der Waals surface area contributed by atoms with E-state index in [1.54, 1.807) is 0 Å². The van der Waals surface area contributed by atoms with Crippen molar-refractivity contribution in [2.75, 3.05) is 6.54 Å². The number of thiocarbonyl (C=S) groups is 1. The number of hydrogen-bond acceptors (Lipinski definition) is 3. The topological polar surface area (TPSA) is 47.1 Å². The lowest BCUT2D eigenvalue weighted by atomic mass is 10.0. The summed E-state index contributed by atoms with van der Waals surface area (Å²) in [6.45, 7) is 7.05. The Morgan fingerprint density at radius 3 is 3.00 bits per heavy atom. The first-order valence-corrected chi connectivity index (χ1v) is 7.09. The lowest BCUT2D eigenvalue weighted by Gasteiger charge is -2.34. The van der Waals surface area contributed by atoms with Crippen LogP contribution < -0.4 is 5.73 Å². The molecule has 0 radical (unpaired) electrons. The number of rotatable bonds is 4. The third-order valence-corrected chi connectivity index (χ3v) is 3.86. The summed E-state index contributed by atoms with van der Waals surface area (Å²) in [6.07, 6.45) is 3.55. The Kier molecular flexibility index (Phi) is 4.35. The Morgan fingerprint density at radius 2 is 2.33 bits per heavy atom. The van der Waals surface area contributed by atoms with Gasteiger partial charge in [-0.25, -0.2) is 0 Å². The largest absolute Gasteiger partial charge is 0.392 e. The maximum atomic E-state index is 5.85. The number of hydrogen-bond donors (Lipinski definition) is 1. The molecule has 1 aliphatic rings. The van der Waals surface area contributed by atoms with Crippen molar-refractivity contribution in [1.82, 2.24) is 14.7 Å². The van der Waals surface area contributed by atoms with Crippen LogP contribution in [0.2, 0.25) is 0 Å². The Hall–Kier alpha value is -0.940. The lowest BCUT2D eigenvalue weighted by molar-refractivity contribution is 0.179. The Morgan fingerprint density at radius 1 is 1.56 bits per heavy atom. The van der Waals surface area contributed by atoms with E-state index in [0.717, 1.165) is 31.7 Å². The fourth-order valence-electron chi connectivity index (χ4n) is 2.71. The van der Waals surface area contributed by atoms with Crippen molar-refractivity contribution in [3.8, 4) is 0 Å². The molecule has 2 heterocycles. The summed E-state index contributed by atoms with van der Waals surface area (Å²) >= 11 is 5.19. The SMILES string of the molecule is CCn1nc(C)cc1CN1CCCCC1C(N)=S. The summed E-state index contributed by atoms with van der Waals surface area (Å²) in [5.41, 5.74) is 8.20. The molecule has 1 aliphatic heterocycles. The van der Waals surface area contributed by atoms with E-state index in [4.69, 9.17) is 18.0 Å². The highest BCUT2D eigenvalue weighted by Crippen LogP contribution is 2.20. The van der Waals surface area contributed by atoms with E-state index in [1.165, 1.54) is 18.5 Å². The van der Waals surface area contributed by atoms with E-state index in [1.807, 2.05) is 6.92 Å². The van der Waals surface area contributed by atoms with Gasteiger partial charge in [0.1, 0.15) is 0 Å². The predicted octanol–water partition coefficient (Wildman–Crippen LogP) is 1.85. The first-order valence-electron chi connectivity index (χ1n) is 6.68. The average molecular weight is 266 g/mol. The number of likely N-dealkylation sites (tertiary alicyclic amines) is 1. The van der Waals surface area contributed by atoms with Crippen molar-refractivity contribution in [2.45, 2.75) is 52.2 Å². The third kappa shape index (κ3) is 2.90. The summed E-state index contributed by atoms with van der Waals surface area (Å²) in [4.78, 5) is 3.03. The van der Waals surface area contributed by atoms with Gasteiger partial charge in [0, 0.05) is 13.1 Å². The van der Waals surface area contributed by atoms with E-state index in [2.05, 4.69) is 27.7 Å². The molecule has 0 bridgehead atoms. The van der Waals surface area contributed by atoms with Crippen LogP contribution >= 0.6 is 12.2 Å². The molecule has 1 saturated heterocycles. The second kappa shape index (κ2) is 5.80. The quantitative estimate of drug-likeness (QED) is 0.845.